The van der Waals surface area contributed by atoms with E-state index in [2.05, 4.69) is 5.16 Å². The van der Waals surface area contributed by atoms with Gasteiger partial charge in [-0.3, -0.25) is 4.79 Å². The van der Waals surface area contributed by atoms with Crippen LogP contribution >= 0.6 is 0 Å². The van der Waals surface area contributed by atoms with Crippen LogP contribution in [0.25, 0.3) is 0 Å². The van der Waals surface area contributed by atoms with Gasteiger partial charge >= 0.3 is 0 Å². The molecule has 11 heavy (non-hydrogen) atoms. The van der Waals surface area contributed by atoms with E-state index in [9.17, 15) is 4.79 Å². The van der Waals surface area contributed by atoms with Crippen LogP contribution in [0.1, 0.15) is 23.7 Å². The summed E-state index contributed by atoms with van der Waals surface area (Å²) in [6.45, 7) is 0.537. The quantitative estimate of drug-likeness (QED) is 0.596. The van der Waals surface area contributed by atoms with Gasteiger partial charge in [0.25, 0.3) is 5.56 Å². The van der Waals surface area contributed by atoms with Crippen LogP contribution in [0.5, 0.6) is 0 Å². The molecule has 1 aliphatic carbocycles. The number of H-pyrrole nitrogens is 1. The fourth-order valence-corrected chi connectivity index (χ4v) is 1.63. The van der Waals surface area contributed by atoms with Crippen molar-refractivity contribution in [2.24, 2.45) is 5.73 Å². The van der Waals surface area contributed by atoms with E-state index in [0.29, 0.717) is 6.54 Å². The Morgan fingerprint density at radius 3 is 3.27 bits per heavy atom. The maximum Gasteiger partial charge on any atom is 0.283 e. The molecule has 0 fully saturated rings. The lowest BCUT2D eigenvalue weighted by molar-refractivity contribution is 0.380. The van der Waals surface area contributed by atoms with E-state index < -0.39 is 0 Å². The summed E-state index contributed by atoms with van der Waals surface area (Å²) in [4.78, 5) is 11.1. The SMILES string of the molecule is NCC1CCc2o[nH]c(=O)c21. The van der Waals surface area contributed by atoms with Gasteiger partial charge in [-0.15, -0.1) is 0 Å². The molecule has 1 aromatic rings. The van der Waals surface area contributed by atoms with Crippen LogP contribution in [0.4, 0.5) is 0 Å². The van der Waals surface area contributed by atoms with E-state index in [4.69, 9.17) is 10.3 Å². The topological polar surface area (TPSA) is 72.0 Å². The molecule has 0 aliphatic heterocycles. The Kier molecular flexibility index (Phi) is 1.35. The number of hydrogen-bond donors (Lipinski definition) is 2. The summed E-state index contributed by atoms with van der Waals surface area (Å²) >= 11 is 0. The third-order valence-electron chi connectivity index (χ3n) is 2.22. The van der Waals surface area contributed by atoms with Crippen molar-refractivity contribution in [3.05, 3.63) is 21.7 Å². The van der Waals surface area contributed by atoms with Crippen LogP contribution in [0.2, 0.25) is 0 Å². The number of nitrogens with one attached hydrogen (secondary N) is 1. The summed E-state index contributed by atoms with van der Waals surface area (Å²) in [6.07, 6.45) is 1.80. The zero-order valence-corrected chi connectivity index (χ0v) is 6.09. The Hall–Kier alpha value is -1.03. The van der Waals surface area contributed by atoms with Gasteiger partial charge in [0.1, 0.15) is 5.76 Å². The van der Waals surface area contributed by atoms with Gasteiger partial charge in [-0.2, -0.15) is 5.16 Å². The minimum Gasteiger partial charge on any atom is -0.383 e. The Morgan fingerprint density at radius 2 is 2.55 bits per heavy atom. The third-order valence-corrected chi connectivity index (χ3v) is 2.22. The van der Waals surface area contributed by atoms with Crippen molar-refractivity contribution in [1.82, 2.24) is 5.16 Å². The van der Waals surface area contributed by atoms with E-state index in [1.165, 1.54) is 0 Å². The number of rotatable bonds is 1. The molecule has 0 spiro atoms. The second kappa shape index (κ2) is 2.23. The van der Waals surface area contributed by atoms with Crippen molar-refractivity contribution in [3.63, 3.8) is 0 Å². The molecule has 0 saturated carbocycles. The van der Waals surface area contributed by atoms with Gasteiger partial charge in [0, 0.05) is 12.3 Å². The summed E-state index contributed by atoms with van der Waals surface area (Å²) in [7, 11) is 0. The van der Waals surface area contributed by atoms with Crippen LogP contribution in [-0.2, 0) is 6.42 Å². The first kappa shape index (κ1) is 6.67. The van der Waals surface area contributed by atoms with E-state index in [1.54, 1.807) is 0 Å². The molecule has 2 rings (SSSR count). The molecule has 1 aliphatic rings. The van der Waals surface area contributed by atoms with Crippen molar-refractivity contribution < 1.29 is 4.52 Å². The smallest absolute Gasteiger partial charge is 0.283 e. The highest BCUT2D eigenvalue weighted by Crippen LogP contribution is 2.28. The van der Waals surface area contributed by atoms with Gasteiger partial charge in [0.05, 0.1) is 5.56 Å². The second-order valence-corrected chi connectivity index (χ2v) is 2.84. The van der Waals surface area contributed by atoms with Gasteiger partial charge < -0.3 is 10.3 Å². The average Bonchev–Trinajstić information content (AvgIpc) is 2.54. The third kappa shape index (κ3) is 0.826. The van der Waals surface area contributed by atoms with E-state index >= 15 is 0 Å². The number of hydrogen-bond acceptors (Lipinski definition) is 3. The number of aryl methyl sites for hydroxylation is 1. The Morgan fingerprint density at radius 1 is 1.73 bits per heavy atom. The van der Waals surface area contributed by atoms with Crippen molar-refractivity contribution in [2.75, 3.05) is 6.54 Å². The fraction of sp³-hybridized carbons (Fsp3) is 0.571. The molecular formula is C7H10N2O2. The van der Waals surface area contributed by atoms with E-state index in [-0.39, 0.29) is 11.5 Å². The normalized spacial score (nSPS) is 22.1. The maximum atomic E-state index is 11.1. The van der Waals surface area contributed by atoms with Gasteiger partial charge in [-0.05, 0) is 13.0 Å². The summed E-state index contributed by atoms with van der Waals surface area (Å²) in [5, 5.41) is 2.32. The first-order valence-electron chi connectivity index (χ1n) is 3.73. The number of fused-ring (bicyclic) bond motifs is 1. The Balaban J connectivity index is 2.51. The molecule has 0 radical (unpaired) electrons. The standard InChI is InChI=1S/C7H10N2O2/c8-3-4-1-2-5-6(4)7(10)9-11-5/h4H,1-3,8H2,(H,9,10). The predicted octanol–water partition coefficient (Wildman–Crippen LogP) is -0.0436. The molecular weight excluding hydrogens is 144 g/mol. The first-order chi connectivity index (χ1) is 5.33. The zero-order valence-electron chi connectivity index (χ0n) is 6.09. The maximum absolute atomic E-state index is 11.1. The molecule has 0 aromatic carbocycles. The van der Waals surface area contributed by atoms with Crippen LogP contribution < -0.4 is 11.3 Å². The van der Waals surface area contributed by atoms with Crippen molar-refractivity contribution in [1.29, 1.82) is 0 Å². The summed E-state index contributed by atoms with van der Waals surface area (Å²) in [5.41, 5.74) is 6.15. The largest absolute Gasteiger partial charge is 0.383 e. The van der Waals surface area contributed by atoms with Crippen molar-refractivity contribution in [3.8, 4) is 0 Å². The van der Waals surface area contributed by atoms with Crippen LogP contribution in [0, 0.1) is 0 Å². The molecule has 1 heterocycles. The summed E-state index contributed by atoms with van der Waals surface area (Å²) < 4.78 is 4.95. The fourth-order valence-electron chi connectivity index (χ4n) is 1.63. The van der Waals surface area contributed by atoms with Gasteiger partial charge in [-0.1, -0.05) is 0 Å². The Labute approximate surface area is 63.4 Å². The lowest BCUT2D eigenvalue weighted by Gasteiger charge is -2.01. The molecule has 0 amide bonds. The second-order valence-electron chi connectivity index (χ2n) is 2.84. The van der Waals surface area contributed by atoms with Crippen LogP contribution in [0.15, 0.2) is 9.32 Å². The lowest BCUT2D eigenvalue weighted by atomic mass is 10.1. The molecule has 0 saturated heterocycles. The van der Waals surface area contributed by atoms with Crippen molar-refractivity contribution in [2.45, 2.75) is 18.8 Å². The van der Waals surface area contributed by atoms with E-state index in [1.807, 2.05) is 0 Å². The summed E-state index contributed by atoms with van der Waals surface area (Å²) in [5.74, 6) is 1.01. The lowest BCUT2D eigenvalue weighted by Crippen LogP contribution is -2.16. The highest BCUT2D eigenvalue weighted by molar-refractivity contribution is 5.24. The van der Waals surface area contributed by atoms with Gasteiger partial charge in [0.2, 0.25) is 0 Å². The van der Waals surface area contributed by atoms with Crippen LogP contribution in [-0.4, -0.2) is 11.7 Å². The summed E-state index contributed by atoms with van der Waals surface area (Å²) in [6, 6.07) is 0. The first-order valence-corrected chi connectivity index (χ1v) is 3.73. The molecule has 1 atom stereocenters. The van der Waals surface area contributed by atoms with Crippen molar-refractivity contribution >= 4 is 0 Å². The van der Waals surface area contributed by atoms with Gasteiger partial charge in [0.15, 0.2) is 0 Å². The Bertz CT molecular complexity index is 312. The number of aromatic amines is 1. The molecule has 1 unspecified atom stereocenters. The zero-order chi connectivity index (χ0) is 7.84. The number of nitrogens with two attached hydrogens (primary N) is 1. The molecule has 3 N–H and O–H groups in total. The minimum absolute atomic E-state index is 0.104. The van der Waals surface area contributed by atoms with E-state index in [0.717, 1.165) is 24.2 Å². The minimum atomic E-state index is -0.104. The highest BCUT2D eigenvalue weighted by atomic mass is 16.5. The molecule has 4 nitrogen and oxygen atoms in total. The monoisotopic (exact) mass is 154 g/mol. The molecule has 1 aromatic heterocycles. The molecule has 4 heteroatoms. The van der Waals surface area contributed by atoms with Gasteiger partial charge in [-0.25, -0.2) is 0 Å². The molecule has 0 bridgehead atoms. The average molecular weight is 154 g/mol. The predicted molar refractivity (Wildman–Crippen MR) is 39.4 cm³/mol. The number of aromatic nitrogens is 1. The van der Waals surface area contributed by atoms with Crippen LogP contribution in [0.3, 0.4) is 0 Å². The molecule has 60 valence electrons. The highest BCUT2D eigenvalue weighted by Gasteiger charge is 2.27.